The highest BCUT2D eigenvalue weighted by atomic mass is 35.5. The summed E-state index contributed by atoms with van der Waals surface area (Å²) in [5, 5.41) is 1.93. The minimum atomic E-state index is -0.304. The highest BCUT2D eigenvalue weighted by molar-refractivity contribution is 7.22. The molecule has 142 valence electrons. The zero-order valence-corrected chi connectivity index (χ0v) is 17.5. The number of aromatic nitrogens is 2. The fraction of sp³-hybridized carbons (Fsp3) is 0.150. The van der Waals surface area contributed by atoms with Crippen LogP contribution in [0.1, 0.15) is 22.3 Å². The lowest BCUT2D eigenvalue weighted by Crippen LogP contribution is -2.30. The standard InChI is InChI=1S/C20H15ClFN3OS2/c1-3-25(20-24-15-10-13(21)6-9-16(15)27-20)19(26)17-11(2)23-18(28-17)12-4-7-14(22)8-5-12/h4-10H,3H2,1-2H3. The molecule has 0 aliphatic carbocycles. The van der Waals surface area contributed by atoms with Gasteiger partial charge in [-0.25, -0.2) is 14.4 Å². The van der Waals surface area contributed by atoms with Gasteiger partial charge in [-0.2, -0.15) is 0 Å². The van der Waals surface area contributed by atoms with Crippen molar-refractivity contribution in [3.63, 3.8) is 0 Å². The Bertz CT molecular complexity index is 1170. The lowest BCUT2D eigenvalue weighted by molar-refractivity contribution is 0.0991. The van der Waals surface area contributed by atoms with Crippen molar-refractivity contribution in [3.05, 3.63) is 63.9 Å². The highest BCUT2D eigenvalue weighted by Crippen LogP contribution is 2.34. The van der Waals surface area contributed by atoms with Gasteiger partial charge in [-0.15, -0.1) is 11.3 Å². The van der Waals surface area contributed by atoms with Gasteiger partial charge in [-0.3, -0.25) is 9.69 Å². The zero-order chi connectivity index (χ0) is 19.8. The Balaban J connectivity index is 1.69. The lowest BCUT2D eigenvalue weighted by Gasteiger charge is -2.16. The summed E-state index contributed by atoms with van der Waals surface area (Å²) in [4.78, 5) is 24.5. The second kappa shape index (κ2) is 7.58. The van der Waals surface area contributed by atoms with Crippen LogP contribution >= 0.6 is 34.3 Å². The summed E-state index contributed by atoms with van der Waals surface area (Å²) in [5.41, 5.74) is 2.20. The van der Waals surface area contributed by atoms with E-state index >= 15 is 0 Å². The van der Waals surface area contributed by atoms with Gasteiger partial charge in [-0.05, 0) is 56.3 Å². The second-order valence-electron chi connectivity index (χ2n) is 6.10. The molecule has 0 spiro atoms. The normalized spacial score (nSPS) is 11.1. The summed E-state index contributed by atoms with van der Waals surface area (Å²) in [6.45, 7) is 4.20. The summed E-state index contributed by atoms with van der Waals surface area (Å²) in [6, 6.07) is 11.6. The number of anilines is 1. The van der Waals surface area contributed by atoms with E-state index in [2.05, 4.69) is 9.97 Å². The Morgan fingerprint density at radius 3 is 2.61 bits per heavy atom. The third kappa shape index (κ3) is 3.53. The van der Waals surface area contributed by atoms with E-state index in [4.69, 9.17) is 11.6 Å². The third-order valence-corrected chi connectivity index (χ3v) is 6.70. The molecule has 0 bridgehead atoms. The van der Waals surface area contributed by atoms with Crippen molar-refractivity contribution in [3.8, 4) is 10.6 Å². The monoisotopic (exact) mass is 431 g/mol. The van der Waals surface area contributed by atoms with E-state index in [1.54, 1.807) is 23.1 Å². The Hall–Kier alpha value is -2.35. The van der Waals surface area contributed by atoms with Crippen molar-refractivity contribution in [2.75, 3.05) is 11.4 Å². The number of halogens is 2. The second-order valence-corrected chi connectivity index (χ2v) is 8.54. The third-order valence-electron chi connectivity index (χ3n) is 4.21. The molecule has 0 N–H and O–H groups in total. The van der Waals surface area contributed by atoms with Crippen molar-refractivity contribution in [1.82, 2.24) is 9.97 Å². The van der Waals surface area contributed by atoms with Crippen LogP contribution in [0.4, 0.5) is 9.52 Å². The molecule has 0 saturated heterocycles. The number of rotatable bonds is 4. The van der Waals surface area contributed by atoms with Crippen LogP contribution in [-0.2, 0) is 0 Å². The Labute approximate surface area is 174 Å². The number of carbonyl (C=O) groups excluding carboxylic acids is 1. The lowest BCUT2D eigenvalue weighted by atomic mass is 10.2. The van der Waals surface area contributed by atoms with Gasteiger partial charge >= 0.3 is 0 Å². The van der Waals surface area contributed by atoms with Crippen LogP contribution in [0.25, 0.3) is 20.8 Å². The van der Waals surface area contributed by atoms with Crippen LogP contribution in [0.5, 0.6) is 0 Å². The minimum absolute atomic E-state index is 0.143. The molecule has 4 rings (SSSR count). The number of hydrogen-bond acceptors (Lipinski definition) is 5. The summed E-state index contributed by atoms with van der Waals surface area (Å²) >= 11 is 8.80. The van der Waals surface area contributed by atoms with E-state index in [1.165, 1.54) is 34.8 Å². The topological polar surface area (TPSA) is 46.1 Å². The molecule has 4 nitrogen and oxygen atoms in total. The van der Waals surface area contributed by atoms with Crippen molar-refractivity contribution in [2.24, 2.45) is 0 Å². The Kier molecular flexibility index (Phi) is 5.14. The number of nitrogens with zero attached hydrogens (tertiary/aromatic N) is 3. The number of hydrogen-bond donors (Lipinski definition) is 0. The SMILES string of the molecule is CCN(C(=O)c1sc(-c2ccc(F)cc2)nc1C)c1nc2cc(Cl)ccc2s1. The van der Waals surface area contributed by atoms with E-state index in [0.717, 1.165) is 15.8 Å². The summed E-state index contributed by atoms with van der Waals surface area (Å²) in [6.07, 6.45) is 0. The molecule has 0 radical (unpaired) electrons. The van der Waals surface area contributed by atoms with Gasteiger partial charge in [0.25, 0.3) is 5.91 Å². The van der Waals surface area contributed by atoms with E-state index in [1.807, 2.05) is 26.0 Å². The molecule has 0 aliphatic rings. The van der Waals surface area contributed by atoms with Crippen LogP contribution in [0, 0.1) is 12.7 Å². The first kappa shape index (κ1) is 19.0. The fourth-order valence-electron chi connectivity index (χ4n) is 2.80. The van der Waals surface area contributed by atoms with Crippen molar-refractivity contribution in [2.45, 2.75) is 13.8 Å². The van der Waals surface area contributed by atoms with Crippen LogP contribution in [0.3, 0.4) is 0 Å². The number of benzene rings is 2. The smallest absolute Gasteiger partial charge is 0.272 e. The van der Waals surface area contributed by atoms with E-state index in [-0.39, 0.29) is 11.7 Å². The van der Waals surface area contributed by atoms with E-state index < -0.39 is 0 Å². The van der Waals surface area contributed by atoms with Gasteiger partial charge in [0, 0.05) is 17.1 Å². The molecule has 8 heteroatoms. The molecule has 0 aliphatic heterocycles. The van der Waals surface area contributed by atoms with Gasteiger partial charge in [0.2, 0.25) is 0 Å². The van der Waals surface area contributed by atoms with E-state index in [0.29, 0.717) is 32.3 Å². The molecule has 28 heavy (non-hydrogen) atoms. The van der Waals surface area contributed by atoms with Gasteiger partial charge in [0.15, 0.2) is 5.13 Å². The molecule has 2 aromatic heterocycles. The Morgan fingerprint density at radius 1 is 1.14 bits per heavy atom. The molecule has 4 aromatic rings. The fourth-order valence-corrected chi connectivity index (χ4v) is 5.00. The molecule has 1 amide bonds. The average Bonchev–Trinajstić information content (AvgIpc) is 3.26. The molecule has 0 unspecified atom stereocenters. The number of thiazole rings is 2. The molecule has 0 atom stereocenters. The van der Waals surface area contributed by atoms with Crippen molar-refractivity contribution >= 4 is 55.5 Å². The predicted molar refractivity (Wildman–Crippen MR) is 114 cm³/mol. The first-order valence-electron chi connectivity index (χ1n) is 8.57. The molecule has 2 aromatic carbocycles. The maximum Gasteiger partial charge on any atom is 0.272 e. The minimum Gasteiger partial charge on any atom is -0.283 e. The number of amides is 1. The number of aryl methyl sites for hydroxylation is 1. The molecule has 2 heterocycles. The molecular formula is C20H15ClFN3OS2. The van der Waals surface area contributed by atoms with Crippen LogP contribution < -0.4 is 4.90 Å². The Morgan fingerprint density at radius 2 is 1.89 bits per heavy atom. The summed E-state index contributed by atoms with van der Waals surface area (Å²) < 4.78 is 14.1. The van der Waals surface area contributed by atoms with Gasteiger partial charge in [0.1, 0.15) is 15.7 Å². The van der Waals surface area contributed by atoms with Gasteiger partial charge in [-0.1, -0.05) is 22.9 Å². The first-order valence-corrected chi connectivity index (χ1v) is 10.6. The van der Waals surface area contributed by atoms with Crippen molar-refractivity contribution < 1.29 is 9.18 Å². The molecule has 0 saturated carbocycles. The van der Waals surface area contributed by atoms with Gasteiger partial charge < -0.3 is 0 Å². The number of fused-ring (bicyclic) bond motifs is 1. The zero-order valence-electron chi connectivity index (χ0n) is 15.1. The van der Waals surface area contributed by atoms with Crippen LogP contribution in [0.15, 0.2) is 42.5 Å². The van der Waals surface area contributed by atoms with E-state index in [9.17, 15) is 9.18 Å². The maximum atomic E-state index is 13.2. The molecular weight excluding hydrogens is 417 g/mol. The quantitative estimate of drug-likeness (QED) is 0.387. The average molecular weight is 432 g/mol. The summed E-state index contributed by atoms with van der Waals surface area (Å²) in [5.74, 6) is -0.447. The van der Waals surface area contributed by atoms with Crippen molar-refractivity contribution in [1.29, 1.82) is 0 Å². The highest BCUT2D eigenvalue weighted by Gasteiger charge is 2.24. The number of carbonyl (C=O) groups is 1. The largest absolute Gasteiger partial charge is 0.283 e. The predicted octanol–water partition coefficient (Wildman–Crippen LogP) is 6.19. The van der Waals surface area contributed by atoms with Crippen LogP contribution in [0.2, 0.25) is 5.02 Å². The summed E-state index contributed by atoms with van der Waals surface area (Å²) in [7, 11) is 0. The molecule has 0 fully saturated rings. The first-order chi connectivity index (χ1) is 13.5. The van der Waals surface area contributed by atoms with Crippen LogP contribution in [-0.4, -0.2) is 22.4 Å². The van der Waals surface area contributed by atoms with Gasteiger partial charge in [0.05, 0.1) is 15.9 Å². The maximum absolute atomic E-state index is 13.2.